The second kappa shape index (κ2) is 29.8. The van der Waals surface area contributed by atoms with Gasteiger partial charge >= 0.3 is 5.97 Å². The van der Waals surface area contributed by atoms with Gasteiger partial charge < -0.3 is 66.3 Å². The van der Waals surface area contributed by atoms with E-state index in [9.17, 15) is 63.6 Å². The molecule has 8 N–H and O–H groups in total. The summed E-state index contributed by atoms with van der Waals surface area (Å²) in [4.78, 5) is 119. The van der Waals surface area contributed by atoms with Gasteiger partial charge in [0.2, 0.25) is 17.7 Å². The maximum absolute atomic E-state index is 13.4. The van der Waals surface area contributed by atoms with E-state index in [0.717, 1.165) is 5.56 Å². The van der Waals surface area contributed by atoms with Gasteiger partial charge in [-0.25, -0.2) is 5.48 Å². The highest BCUT2D eigenvalue weighted by Crippen LogP contribution is 2.20. The summed E-state index contributed by atoms with van der Waals surface area (Å²) in [6, 6.07) is 9.41. The molecule has 2 fully saturated rings. The third kappa shape index (κ3) is 20.2. The Labute approximate surface area is 433 Å². The van der Waals surface area contributed by atoms with Gasteiger partial charge in [-0.05, 0) is 99.1 Å². The van der Waals surface area contributed by atoms with Gasteiger partial charge in [0.15, 0.2) is 5.11 Å². The van der Waals surface area contributed by atoms with E-state index in [1.54, 1.807) is 51.1 Å². The lowest BCUT2D eigenvalue weighted by Crippen LogP contribution is -2.56. The van der Waals surface area contributed by atoms with Crippen molar-refractivity contribution in [2.24, 2.45) is 5.92 Å². The van der Waals surface area contributed by atoms with Crippen LogP contribution in [0.5, 0.6) is 0 Å². The third-order valence-electron chi connectivity index (χ3n) is 12.5. The molecular formula is C48H66N11O14S-3. The number of carbonyl (C=O) groups excluding carboxylic acids is 8. The molecule has 2 aromatic rings. The number of carboxylic acids is 4. The van der Waals surface area contributed by atoms with Crippen molar-refractivity contribution in [1.82, 2.24) is 45.9 Å². The maximum Gasteiger partial charge on any atom is 0.320 e. The molecule has 0 spiro atoms. The first kappa shape index (κ1) is 59.7. The number of nitrogens with one attached hydrogen (secondary N) is 6. The number of hydrogen-bond donors (Lipinski definition) is 8. The predicted molar refractivity (Wildman–Crippen MR) is 264 cm³/mol. The summed E-state index contributed by atoms with van der Waals surface area (Å²) >= 11 is 5.50. The number of anilines is 2. The molecular weight excluding hydrogens is 987 g/mol. The smallest absolute Gasteiger partial charge is 0.320 e. The Kier molecular flexibility index (Phi) is 24.0. The van der Waals surface area contributed by atoms with Crippen LogP contribution >= 0.6 is 12.2 Å². The first-order valence-electron chi connectivity index (χ1n) is 24.2. The van der Waals surface area contributed by atoms with Crippen LogP contribution in [0.15, 0.2) is 48.5 Å². The average Bonchev–Trinajstić information content (AvgIpc) is 3.84. The molecule has 2 saturated heterocycles. The lowest BCUT2D eigenvalue weighted by Gasteiger charge is -2.36. The van der Waals surface area contributed by atoms with Gasteiger partial charge in [0.1, 0.15) is 24.2 Å². The van der Waals surface area contributed by atoms with Gasteiger partial charge in [-0.2, -0.15) is 0 Å². The summed E-state index contributed by atoms with van der Waals surface area (Å²) in [5.74, 6) is -8.22. The number of benzene rings is 2. The van der Waals surface area contributed by atoms with Crippen LogP contribution < -0.4 is 47.4 Å². The van der Waals surface area contributed by atoms with Crippen molar-refractivity contribution in [1.29, 1.82) is 0 Å². The zero-order valence-corrected chi connectivity index (χ0v) is 42.5. The molecule has 2 aromatic carbocycles. The van der Waals surface area contributed by atoms with Crippen LogP contribution in [-0.4, -0.2) is 203 Å². The van der Waals surface area contributed by atoms with Crippen LogP contribution in [0, 0.1) is 5.92 Å². The quantitative estimate of drug-likeness (QED) is 0.0296. The summed E-state index contributed by atoms with van der Waals surface area (Å²) in [6.45, 7) is 4.55. The number of carboxylic acid groups (broad SMARTS) is 4. The molecule has 2 heterocycles. The van der Waals surface area contributed by atoms with Gasteiger partial charge in [0, 0.05) is 95.5 Å². The van der Waals surface area contributed by atoms with Crippen molar-refractivity contribution in [3.63, 3.8) is 0 Å². The zero-order chi connectivity index (χ0) is 54.5. The number of amides is 5. The number of hydroxylamine groups is 1. The van der Waals surface area contributed by atoms with Crippen LogP contribution in [0.1, 0.15) is 62.4 Å². The number of hydrogen-bond acceptors (Lipinski definition) is 18. The van der Waals surface area contributed by atoms with Crippen LogP contribution in [0.4, 0.5) is 11.4 Å². The number of rotatable bonds is 23. The third-order valence-corrected chi connectivity index (χ3v) is 12.7. The normalized spacial score (nSPS) is 17.6. The molecule has 2 aliphatic rings. The van der Waals surface area contributed by atoms with Crippen LogP contribution in [0.3, 0.4) is 0 Å². The van der Waals surface area contributed by atoms with Crippen LogP contribution in [-0.2, 0) is 44.8 Å². The van der Waals surface area contributed by atoms with E-state index in [0.29, 0.717) is 30.6 Å². The molecule has 74 heavy (non-hydrogen) atoms. The van der Waals surface area contributed by atoms with E-state index in [4.69, 9.17) is 17.4 Å². The minimum absolute atomic E-state index is 0.0135. The summed E-state index contributed by atoms with van der Waals surface area (Å²) < 4.78 is 0. The molecule has 0 aliphatic carbocycles. The van der Waals surface area contributed by atoms with E-state index in [-0.39, 0.29) is 88.3 Å². The lowest BCUT2D eigenvalue weighted by molar-refractivity contribution is -0.308. The van der Waals surface area contributed by atoms with Gasteiger partial charge in [0.05, 0.1) is 24.5 Å². The highest BCUT2D eigenvalue weighted by atomic mass is 32.1. The Hall–Kier alpha value is -6.84. The number of likely N-dealkylation sites (tertiary alicyclic amines) is 1. The van der Waals surface area contributed by atoms with Crippen molar-refractivity contribution in [3.8, 4) is 0 Å². The molecule has 5 amide bonds. The highest BCUT2D eigenvalue weighted by Gasteiger charge is 2.36. The highest BCUT2D eigenvalue weighted by molar-refractivity contribution is 7.80. The number of thiocarbonyl (C=S) groups is 1. The van der Waals surface area contributed by atoms with E-state index < -0.39 is 104 Å². The van der Waals surface area contributed by atoms with E-state index >= 15 is 0 Å². The number of aryl methyl sites for hydroxylation is 1. The minimum Gasteiger partial charge on any atom is -0.549 e. The lowest BCUT2D eigenvalue weighted by atomic mass is 10.0. The Balaban J connectivity index is 1.28. The van der Waals surface area contributed by atoms with Crippen molar-refractivity contribution in [2.75, 3.05) is 95.7 Å². The Morgan fingerprint density at radius 3 is 1.66 bits per heavy atom. The second-order valence-corrected chi connectivity index (χ2v) is 19.0. The van der Waals surface area contributed by atoms with Crippen LogP contribution in [0.2, 0.25) is 0 Å². The summed E-state index contributed by atoms with van der Waals surface area (Å²) in [7, 11) is 0. The first-order valence-corrected chi connectivity index (χ1v) is 24.7. The molecule has 4 atom stereocenters. The van der Waals surface area contributed by atoms with Crippen molar-refractivity contribution in [2.45, 2.75) is 77.0 Å². The van der Waals surface area contributed by atoms with Gasteiger partial charge in [0.25, 0.3) is 11.8 Å². The fourth-order valence-corrected chi connectivity index (χ4v) is 8.79. The standard InChI is InChI=1S/C48H69N11O14S/c1-30(2)25-36(45(69)50-31(3)43(67)54-73)53-46(70)37-5-4-16-59(37)39(60)26-49-44(68)33-9-13-35(14-10-33)52-48(74)51-34-11-6-32(7-12-34)8-15-38(47(71)72)58-23-21-56(28-41(63)64)19-17-55(27-40(61)62)18-20-57(22-24-58)29-42(65)66/h6-7,9-14,30-31,36-38,73H,4-5,8,15-29H2,1-3H3,(H,49,68)(H,50,69)(H,53,70)(H,54,67)(H,61,62)(H,63,64)(H,65,66)(H,71,72)(H2,51,52,74)/p-3/t31-,36+,37-,38?/m0/s1. The molecule has 0 saturated carbocycles. The maximum atomic E-state index is 13.4. The Morgan fingerprint density at radius 2 is 1.19 bits per heavy atom. The molecule has 1 unspecified atom stereocenters. The topological polar surface area (TPSA) is 352 Å². The van der Waals surface area contributed by atoms with Gasteiger partial charge in [-0.3, -0.25) is 53.6 Å². The number of carbonyl (C=O) groups is 9. The molecule has 0 radical (unpaired) electrons. The minimum atomic E-state index is -1.35. The summed E-state index contributed by atoms with van der Waals surface area (Å²) in [5, 5.41) is 67.9. The van der Waals surface area contributed by atoms with Crippen molar-refractivity contribution in [3.05, 3.63) is 59.7 Å². The molecule has 406 valence electrons. The molecule has 0 bridgehead atoms. The largest absolute Gasteiger partial charge is 0.549 e. The fourth-order valence-electron chi connectivity index (χ4n) is 8.55. The fraction of sp³-hybridized carbons (Fsp3) is 0.542. The van der Waals surface area contributed by atoms with E-state index in [1.165, 1.54) is 34.3 Å². The van der Waals surface area contributed by atoms with Gasteiger partial charge in [-0.15, -0.1) is 0 Å². The summed E-state index contributed by atoms with van der Waals surface area (Å²) in [5.41, 5.74) is 3.67. The van der Waals surface area contributed by atoms with Crippen LogP contribution in [0.25, 0.3) is 0 Å². The molecule has 4 rings (SSSR count). The van der Waals surface area contributed by atoms with E-state index in [1.807, 2.05) is 13.8 Å². The molecule has 2 aliphatic heterocycles. The molecule has 25 nitrogen and oxygen atoms in total. The van der Waals surface area contributed by atoms with E-state index in [2.05, 4.69) is 26.6 Å². The Bertz CT molecular complexity index is 2260. The number of nitrogens with zero attached hydrogens (tertiary/aromatic N) is 5. The number of aliphatic carboxylic acids is 4. The molecule has 26 heteroatoms. The first-order chi connectivity index (χ1) is 35.1. The van der Waals surface area contributed by atoms with Crippen molar-refractivity contribution >= 4 is 82.1 Å². The monoisotopic (exact) mass is 1050 g/mol. The average molecular weight is 1050 g/mol. The second-order valence-electron chi connectivity index (χ2n) is 18.6. The van der Waals surface area contributed by atoms with Gasteiger partial charge in [-0.1, -0.05) is 26.0 Å². The Morgan fingerprint density at radius 1 is 0.689 bits per heavy atom. The molecule has 0 aromatic heterocycles. The summed E-state index contributed by atoms with van der Waals surface area (Å²) in [6.07, 6.45) is 1.61. The van der Waals surface area contributed by atoms with Crippen molar-refractivity contribution < 1.29 is 68.8 Å². The predicted octanol–water partition coefficient (Wildman–Crippen LogP) is -4.39. The SMILES string of the molecule is CC(C)C[C@@H](NC(=O)[C@@H]1CCCN1C(=O)CNC(=O)c1ccc(NC(=S)Nc2ccc(CCC(C(=O)O)N3CCN(CC(=O)[O-])CCN(CC(=O)[O-])CCN(CC(=O)[O-])CC3)cc2)cc1)C(=O)N[C@@H](C)C(=O)NO. The zero-order valence-electron chi connectivity index (χ0n) is 41.7.